The molecule has 0 saturated carbocycles. The van der Waals surface area contributed by atoms with E-state index in [2.05, 4.69) is 0 Å². The smallest absolute Gasteiger partial charge is 0.392 e. The van der Waals surface area contributed by atoms with Crippen LogP contribution in [-0.4, -0.2) is 23.6 Å². The summed E-state index contributed by atoms with van der Waals surface area (Å²) in [6.07, 6.45) is -4.43. The molecule has 17 heavy (non-hydrogen) atoms. The van der Waals surface area contributed by atoms with E-state index in [1.165, 1.54) is 17.8 Å². The first kappa shape index (κ1) is 12.7. The molecular formula is C11H11F3O2S. The zero-order valence-corrected chi connectivity index (χ0v) is 9.64. The lowest BCUT2D eigenvalue weighted by Gasteiger charge is -2.25. The monoisotopic (exact) mass is 264 g/mol. The molecule has 0 unspecified atom stereocenters. The van der Waals surface area contributed by atoms with Gasteiger partial charge in [0.15, 0.2) is 0 Å². The van der Waals surface area contributed by atoms with Gasteiger partial charge < -0.3 is 9.84 Å². The van der Waals surface area contributed by atoms with E-state index in [1.807, 2.05) is 0 Å². The maximum absolute atomic E-state index is 12.7. The van der Waals surface area contributed by atoms with Crippen molar-refractivity contribution in [2.75, 3.05) is 13.2 Å². The lowest BCUT2D eigenvalue weighted by atomic mass is 10.1. The van der Waals surface area contributed by atoms with Crippen LogP contribution in [0, 0.1) is 0 Å². The first-order valence-electron chi connectivity index (χ1n) is 5.06. The van der Waals surface area contributed by atoms with Crippen molar-refractivity contribution in [3.8, 4) is 0 Å². The Bertz CT molecular complexity index is 402. The fraction of sp³-hybridized carbons (Fsp3) is 0.455. The molecule has 1 heterocycles. The van der Waals surface area contributed by atoms with E-state index in [9.17, 15) is 13.2 Å². The lowest BCUT2D eigenvalue weighted by Crippen LogP contribution is -2.30. The third-order valence-electron chi connectivity index (χ3n) is 2.47. The Morgan fingerprint density at radius 3 is 2.53 bits per heavy atom. The second-order valence-corrected chi connectivity index (χ2v) is 5.13. The fourth-order valence-corrected chi connectivity index (χ4v) is 2.55. The molecule has 6 heteroatoms. The second-order valence-electron chi connectivity index (χ2n) is 3.75. The van der Waals surface area contributed by atoms with Crippen molar-refractivity contribution in [1.82, 2.24) is 0 Å². The topological polar surface area (TPSA) is 29.5 Å². The van der Waals surface area contributed by atoms with E-state index in [1.54, 1.807) is 6.07 Å². The number of aliphatic hydroxyl groups is 1. The molecule has 0 bridgehead atoms. The Balaban J connectivity index is 2.24. The molecule has 1 N–H and O–H groups in total. The molecule has 1 aromatic rings. The highest BCUT2D eigenvalue weighted by Gasteiger charge is 2.33. The number of halogens is 3. The van der Waals surface area contributed by atoms with Gasteiger partial charge >= 0.3 is 6.18 Å². The molecule has 0 aromatic heterocycles. The van der Waals surface area contributed by atoms with Crippen molar-refractivity contribution in [3.63, 3.8) is 0 Å². The van der Waals surface area contributed by atoms with Gasteiger partial charge in [-0.1, -0.05) is 6.07 Å². The van der Waals surface area contributed by atoms with Crippen LogP contribution in [0.15, 0.2) is 23.1 Å². The highest BCUT2D eigenvalue weighted by atomic mass is 32.2. The zero-order valence-electron chi connectivity index (χ0n) is 8.83. The summed E-state index contributed by atoms with van der Waals surface area (Å²) < 4.78 is 43.1. The predicted octanol–water partition coefficient (Wildman–Crippen LogP) is 2.69. The van der Waals surface area contributed by atoms with Crippen molar-refractivity contribution < 1.29 is 23.0 Å². The normalized spacial score (nSPS) is 16.9. The van der Waals surface area contributed by atoms with Crippen LogP contribution in [0.3, 0.4) is 0 Å². The molecule has 1 aliphatic heterocycles. The van der Waals surface area contributed by atoms with Crippen molar-refractivity contribution >= 4 is 11.8 Å². The molecule has 0 aliphatic carbocycles. The predicted molar refractivity (Wildman–Crippen MR) is 57.8 cm³/mol. The average Bonchev–Trinajstić information content (AvgIpc) is 2.22. The van der Waals surface area contributed by atoms with Crippen molar-refractivity contribution in [3.05, 3.63) is 29.3 Å². The van der Waals surface area contributed by atoms with Crippen LogP contribution in [-0.2, 0) is 17.5 Å². The molecule has 1 aromatic carbocycles. The number of aliphatic hydroxyl groups excluding tert-OH is 1. The van der Waals surface area contributed by atoms with Crippen LogP contribution in [0.1, 0.15) is 11.1 Å². The van der Waals surface area contributed by atoms with E-state index in [-0.39, 0.29) is 10.8 Å². The van der Waals surface area contributed by atoms with Crippen LogP contribution in [0.4, 0.5) is 13.2 Å². The number of hydrogen-bond acceptors (Lipinski definition) is 3. The summed E-state index contributed by atoms with van der Waals surface area (Å²) in [6.45, 7) is 0.549. The minimum absolute atomic E-state index is 0.0910. The van der Waals surface area contributed by atoms with Crippen LogP contribution in [0.2, 0.25) is 0 Å². The van der Waals surface area contributed by atoms with Gasteiger partial charge in [0.1, 0.15) is 0 Å². The number of rotatable bonds is 3. The van der Waals surface area contributed by atoms with Crippen molar-refractivity contribution in [2.24, 2.45) is 0 Å². The average molecular weight is 264 g/mol. The number of benzene rings is 1. The third kappa shape index (κ3) is 2.94. The Morgan fingerprint density at radius 2 is 2.06 bits per heavy atom. The standard InChI is InChI=1S/C11H11F3O2S/c12-11(13,14)10-3-8(2-1-7(10)4-15)17-9-5-16-6-9/h1-3,9,15H,4-6H2. The number of thioether (sulfide) groups is 1. The first-order chi connectivity index (χ1) is 8.00. The summed E-state index contributed by atoms with van der Waals surface area (Å²) in [5.41, 5.74) is -0.850. The van der Waals surface area contributed by atoms with E-state index in [0.717, 1.165) is 6.07 Å². The molecule has 2 nitrogen and oxygen atoms in total. The molecule has 1 saturated heterocycles. The Labute approximate surface area is 101 Å². The maximum Gasteiger partial charge on any atom is 0.416 e. The van der Waals surface area contributed by atoms with Crippen LogP contribution in [0.5, 0.6) is 0 Å². The Morgan fingerprint density at radius 1 is 1.35 bits per heavy atom. The number of ether oxygens (including phenoxy) is 1. The highest BCUT2D eigenvalue weighted by Crippen LogP contribution is 2.36. The summed E-state index contributed by atoms with van der Waals surface area (Å²) in [6, 6.07) is 4.02. The first-order valence-corrected chi connectivity index (χ1v) is 5.94. The summed E-state index contributed by atoms with van der Waals surface area (Å²) in [7, 11) is 0. The van der Waals surface area contributed by atoms with Gasteiger partial charge in [-0.2, -0.15) is 13.2 Å². The molecule has 0 amide bonds. The third-order valence-corrected chi connectivity index (χ3v) is 3.60. The van der Waals surface area contributed by atoms with Crippen LogP contribution >= 0.6 is 11.8 Å². The lowest BCUT2D eigenvalue weighted by molar-refractivity contribution is -0.138. The van der Waals surface area contributed by atoms with Gasteiger partial charge in [-0.3, -0.25) is 0 Å². The molecule has 2 rings (SSSR count). The number of alkyl halides is 3. The summed E-state index contributed by atoms with van der Waals surface area (Å²) >= 11 is 1.37. The van der Waals surface area contributed by atoms with Gasteiger partial charge in [0.25, 0.3) is 0 Å². The minimum Gasteiger partial charge on any atom is -0.392 e. The van der Waals surface area contributed by atoms with Gasteiger partial charge in [0.05, 0.1) is 30.6 Å². The van der Waals surface area contributed by atoms with Crippen molar-refractivity contribution in [1.29, 1.82) is 0 Å². The summed E-state index contributed by atoms with van der Waals surface area (Å²) in [5, 5.41) is 9.12. The van der Waals surface area contributed by atoms with E-state index < -0.39 is 18.3 Å². The fourth-order valence-electron chi connectivity index (χ4n) is 1.51. The van der Waals surface area contributed by atoms with E-state index in [0.29, 0.717) is 18.1 Å². The SMILES string of the molecule is OCc1ccc(SC2COC2)cc1C(F)(F)F. The van der Waals surface area contributed by atoms with E-state index >= 15 is 0 Å². The largest absolute Gasteiger partial charge is 0.416 e. The van der Waals surface area contributed by atoms with Crippen LogP contribution in [0.25, 0.3) is 0 Å². The van der Waals surface area contributed by atoms with E-state index in [4.69, 9.17) is 9.84 Å². The summed E-state index contributed by atoms with van der Waals surface area (Å²) in [4.78, 5) is 0.558. The molecule has 0 spiro atoms. The highest BCUT2D eigenvalue weighted by molar-refractivity contribution is 8.00. The quantitative estimate of drug-likeness (QED) is 0.910. The molecule has 0 atom stereocenters. The molecule has 0 radical (unpaired) electrons. The van der Waals surface area contributed by atoms with Crippen LogP contribution < -0.4 is 0 Å². The minimum atomic E-state index is -4.43. The summed E-state index contributed by atoms with van der Waals surface area (Å²) in [5.74, 6) is 0. The second kappa shape index (κ2) is 4.88. The van der Waals surface area contributed by atoms with Gasteiger partial charge in [0, 0.05) is 4.90 Å². The van der Waals surface area contributed by atoms with Gasteiger partial charge in [-0.25, -0.2) is 0 Å². The van der Waals surface area contributed by atoms with Gasteiger partial charge in [-0.15, -0.1) is 11.8 Å². The Hall–Kier alpha value is -0.720. The van der Waals surface area contributed by atoms with Gasteiger partial charge in [0.2, 0.25) is 0 Å². The molecule has 1 fully saturated rings. The van der Waals surface area contributed by atoms with Crippen molar-refractivity contribution in [2.45, 2.75) is 22.9 Å². The molecule has 1 aliphatic rings. The maximum atomic E-state index is 12.7. The Kier molecular flexibility index (Phi) is 3.65. The molecule has 94 valence electrons. The zero-order chi connectivity index (χ0) is 12.5. The van der Waals surface area contributed by atoms with Gasteiger partial charge in [-0.05, 0) is 17.7 Å². The number of hydrogen-bond donors (Lipinski definition) is 1. The molecular weight excluding hydrogens is 253 g/mol.